The van der Waals surface area contributed by atoms with Gasteiger partial charge in [-0.15, -0.1) is 0 Å². The number of hydrogen-bond donors (Lipinski definition) is 2. The first kappa shape index (κ1) is 12.9. The Kier molecular flexibility index (Phi) is 4.63. The molecule has 1 aromatic heterocycles. The number of aliphatic hydroxyl groups excluding tert-OH is 1. The number of aliphatic hydroxyl groups is 1. The van der Waals surface area contributed by atoms with Crippen LogP contribution in [0.2, 0.25) is 0 Å². The maximum Gasteiger partial charge on any atom is 0.345 e. The normalized spacial score (nSPS) is 12.8. The lowest BCUT2D eigenvalue weighted by molar-refractivity contribution is -0.380. The molecule has 0 radical (unpaired) electrons. The van der Waals surface area contributed by atoms with E-state index in [1.165, 1.54) is 6.20 Å². The largest absolute Gasteiger partial charge is 0.394 e. The number of aromatic nitrogens is 1. The van der Waals surface area contributed by atoms with Gasteiger partial charge in [0.25, 0.3) is 0 Å². The molecule has 16 heavy (non-hydrogen) atoms. The van der Waals surface area contributed by atoms with Crippen LogP contribution in [0.1, 0.15) is 20.3 Å². The van der Waals surface area contributed by atoms with Gasteiger partial charge in [0.1, 0.15) is 6.20 Å². The lowest BCUT2D eigenvalue weighted by atomic mass is 10.1. The molecule has 1 heterocycles. The van der Waals surface area contributed by atoms with Gasteiger partial charge >= 0.3 is 5.00 Å². The van der Waals surface area contributed by atoms with Gasteiger partial charge in [-0.05, 0) is 23.7 Å². The molecule has 0 amide bonds. The van der Waals surface area contributed by atoms with Crippen LogP contribution in [-0.2, 0) is 0 Å². The molecule has 90 valence electrons. The lowest BCUT2D eigenvalue weighted by Crippen LogP contribution is -2.25. The molecule has 0 fully saturated rings. The maximum absolute atomic E-state index is 10.4. The summed E-state index contributed by atoms with van der Waals surface area (Å²) in [4.78, 5) is 13.9. The van der Waals surface area contributed by atoms with Crippen molar-refractivity contribution in [2.45, 2.75) is 26.3 Å². The van der Waals surface area contributed by atoms with Gasteiger partial charge < -0.3 is 10.4 Å². The molecular formula is C9H15N3O3S. The molecule has 0 saturated carbocycles. The van der Waals surface area contributed by atoms with Crippen LogP contribution in [0, 0.1) is 16.0 Å². The number of hydrogen-bond acceptors (Lipinski definition) is 6. The molecule has 0 saturated heterocycles. The molecule has 0 bridgehead atoms. The van der Waals surface area contributed by atoms with Gasteiger partial charge in [0.15, 0.2) is 5.13 Å². The lowest BCUT2D eigenvalue weighted by Gasteiger charge is -2.17. The van der Waals surface area contributed by atoms with E-state index in [0.717, 1.165) is 17.8 Å². The quantitative estimate of drug-likeness (QED) is 0.590. The van der Waals surface area contributed by atoms with Gasteiger partial charge in [0.05, 0.1) is 17.6 Å². The van der Waals surface area contributed by atoms with Crippen LogP contribution in [0.15, 0.2) is 6.20 Å². The van der Waals surface area contributed by atoms with Crippen molar-refractivity contribution in [3.05, 3.63) is 16.3 Å². The molecule has 1 atom stereocenters. The van der Waals surface area contributed by atoms with Crippen molar-refractivity contribution < 1.29 is 10.0 Å². The molecule has 0 aromatic carbocycles. The van der Waals surface area contributed by atoms with Gasteiger partial charge in [-0.25, -0.2) is 4.98 Å². The van der Waals surface area contributed by atoms with E-state index in [1.807, 2.05) is 0 Å². The first-order valence-corrected chi connectivity index (χ1v) is 5.82. The highest BCUT2D eigenvalue weighted by Crippen LogP contribution is 2.26. The monoisotopic (exact) mass is 245 g/mol. The summed E-state index contributed by atoms with van der Waals surface area (Å²) in [7, 11) is 0. The van der Waals surface area contributed by atoms with Gasteiger partial charge in [-0.3, -0.25) is 10.1 Å². The van der Waals surface area contributed by atoms with Crippen LogP contribution in [0.3, 0.4) is 0 Å². The summed E-state index contributed by atoms with van der Waals surface area (Å²) in [6, 6.07) is -0.106. The standard InChI is InChI=1S/C9H15N3O3S/c1-6(2)3-7(5-13)11-9-10-4-8(16-9)12(14)15/h4,6-7,13H,3,5H2,1-2H3,(H,10,11). The summed E-state index contributed by atoms with van der Waals surface area (Å²) in [6.45, 7) is 4.09. The topological polar surface area (TPSA) is 88.3 Å². The first-order chi connectivity index (χ1) is 7.52. The van der Waals surface area contributed by atoms with Gasteiger partial charge in [-0.2, -0.15) is 0 Å². The molecule has 0 aliphatic rings. The van der Waals surface area contributed by atoms with E-state index in [-0.39, 0.29) is 17.6 Å². The second-order valence-electron chi connectivity index (χ2n) is 3.91. The van der Waals surface area contributed by atoms with Crippen LogP contribution >= 0.6 is 11.3 Å². The zero-order valence-electron chi connectivity index (χ0n) is 9.21. The van der Waals surface area contributed by atoms with Gasteiger partial charge in [-0.1, -0.05) is 13.8 Å². The van der Waals surface area contributed by atoms with Crippen molar-refractivity contribution in [1.82, 2.24) is 4.98 Å². The summed E-state index contributed by atoms with van der Waals surface area (Å²) < 4.78 is 0. The van der Waals surface area contributed by atoms with Crippen molar-refractivity contribution in [2.75, 3.05) is 11.9 Å². The van der Waals surface area contributed by atoms with Crippen molar-refractivity contribution in [2.24, 2.45) is 5.92 Å². The summed E-state index contributed by atoms with van der Waals surface area (Å²) in [6.07, 6.45) is 2.01. The maximum atomic E-state index is 10.4. The molecule has 0 spiro atoms. The zero-order chi connectivity index (χ0) is 12.1. The predicted molar refractivity (Wildman–Crippen MR) is 62.7 cm³/mol. The van der Waals surface area contributed by atoms with Crippen molar-refractivity contribution >= 4 is 21.5 Å². The molecule has 0 aliphatic heterocycles. The fourth-order valence-electron chi connectivity index (χ4n) is 1.34. The SMILES string of the molecule is CC(C)CC(CO)Nc1ncc([N+](=O)[O-])s1. The number of nitrogens with one attached hydrogen (secondary N) is 1. The minimum absolute atomic E-state index is 0.00346. The molecule has 1 unspecified atom stereocenters. The predicted octanol–water partition coefficient (Wildman–Crippen LogP) is 1.87. The molecule has 6 nitrogen and oxygen atoms in total. The minimum atomic E-state index is -0.473. The van der Waals surface area contributed by atoms with Crippen LogP contribution in [0.5, 0.6) is 0 Å². The number of nitrogens with zero attached hydrogens (tertiary/aromatic N) is 2. The van der Waals surface area contributed by atoms with Crippen LogP contribution in [0.25, 0.3) is 0 Å². The summed E-state index contributed by atoms with van der Waals surface area (Å²) >= 11 is 0.979. The third kappa shape index (κ3) is 3.74. The Morgan fingerprint density at radius 1 is 1.69 bits per heavy atom. The third-order valence-corrected chi connectivity index (χ3v) is 2.86. The van der Waals surface area contributed by atoms with E-state index >= 15 is 0 Å². The fraction of sp³-hybridized carbons (Fsp3) is 0.667. The average molecular weight is 245 g/mol. The Balaban J connectivity index is 2.59. The second kappa shape index (κ2) is 5.76. The first-order valence-electron chi connectivity index (χ1n) is 5.00. The molecule has 2 N–H and O–H groups in total. The van der Waals surface area contributed by atoms with E-state index in [1.54, 1.807) is 0 Å². The van der Waals surface area contributed by atoms with E-state index in [9.17, 15) is 10.1 Å². The molecule has 1 rings (SSSR count). The van der Waals surface area contributed by atoms with Crippen LogP contribution in [-0.4, -0.2) is 27.7 Å². The number of rotatable bonds is 6. The smallest absolute Gasteiger partial charge is 0.345 e. The van der Waals surface area contributed by atoms with Gasteiger partial charge in [0.2, 0.25) is 0 Å². The Morgan fingerprint density at radius 2 is 2.38 bits per heavy atom. The number of anilines is 1. The molecule has 7 heteroatoms. The Labute approximate surface area is 97.5 Å². The summed E-state index contributed by atoms with van der Waals surface area (Å²) in [5.41, 5.74) is 0. The van der Waals surface area contributed by atoms with E-state index in [4.69, 9.17) is 5.11 Å². The van der Waals surface area contributed by atoms with Gasteiger partial charge in [0, 0.05) is 0 Å². The minimum Gasteiger partial charge on any atom is -0.394 e. The second-order valence-corrected chi connectivity index (χ2v) is 4.92. The van der Waals surface area contributed by atoms with Crippen LogP contribution < -0.4 is 5.32 Å². The Morgan fingerprint density at radius 3 is 2.81 bits per heavy atom. The zero-order valence-corrected chi connectivity index (χ0v) is 10.0. The van der Waals surface area contributed by atoms with E-state index in [2.05, 4.69) is 24.1 Å². The highest BCUT2D eigenvalue weighted by atomic mass is 32.1. The highest BCUT2D eigenvalue weighted by Gasteiger charge is 2.15. The third-order valence-electron chi connectivity index (χ3n) is 1.98. The number of thiazole rings is 1. The number of nitro groups is 1. The molecular weight excluding hydrogens is 230 g/mol. The van der Waals surface area contributed by atoms with Crippen molar-refractivity contribution in [3.8, 4) is 0 Å². The summed E-state index contributed by atoms with van der Waals surface area (Å²) in [5, 5.41) is 23.0. The fourth-order valence-corrected chi connectivity index (χ4v) is 2.05. The Hall–Kier alpha value is -1.21. The van der Waals surface area contributed by atoms with E-state index < -0.39 is 4.92 Å². The van der Waals surface area contributed by atoms with Crippen molar-refractivity contribution in [3.63, 3.8) is 0 Å². The molecule has 0 aliphatic carbocycles. The van der Waals surface area contributed by atoms with Crippen LogP contribution in [0.4, 0.5) is 10.1 Å². The van der Waals surface area contributed by atoms with Crippen molar-refractivity contribution in [1.29, 1.82) is 0 Å². The Bertz CT molecular complexity index is 354. The average Bonchev–Trinajstić information content (AvgIpc) is 2.64. The van der Waals surface area contributed by atoms with E-state index in [0.29, 0.717) is 11.0 Å². The highest BCUT2D eigenvalue weighted by molar-refractivity contribution is 7.18. The molecule has 1 aromatic rings. The summed E-state index contributed by atoms with van der Waals surface area (Å²) in [5.74, 6) is 0.444.